The summed E-state index contributed by atoms with van der Waals surface area (Å²) in [5.74, 6) is -1.74. The third kappa shape index (κ3) is 7.48. The molecule has 2 amide bonds. The number of aliphatic hydroxyl groups excluding tert-OH is 1. The second kappa shape index (κ2) is 11.1. The second-order valence-corrected chi connectivity index (χ2v) is 8.85. The Labute approximate surface area is 190 Å². The largest absolute Gasteiger partial charge is 0.459 e. The van der Waals surface area contributed by atoms with Crippen molar-refractivity contribution >= 4 is 33.7 Å². The SMILES string of the molecule is CC(C)(C)NC(=O)[C@@H](COC(=O)c1ccccc1)N(Cc1ccccc1Br)C(=O)CO. The maximum Gasteiger partial charge on any atom is 0.338 e. The second-order valence-electron chi connectivity index (χ2n) is 7.99. The van der Waals surface area contributed by atoms with Crippen LogP contribution in [0.1, 0.15) is 36.7 Å². The van der Waals surface area contributed by atoms with E-state index in [1.807, 2.05) is 32.9 Å². The van der Waals surface area contributed by atoms with E-state index in [9.17, 15) is 19.5 Å². The number of benzene rings is 2. The number of esters is 1. The number of nitrogens with zero attached hydrogens (tertiary/aromatic N) is 1. The molecule has 2 aromatic rings. The molecule has 0 aliphatic heterocycles. The fourth-order valence-corrected chi connectivity index (χ4v) is 3.26. The van der Waals surface area contributed by atoms with Crippen molar-refractivity contribution in [1.29, 1.82) is 0 Å². The van der Waals surface area contributed by atoms with Gasteiger partial charge >= 0.3 is 5.97 Å². The van der Waals surface area contributed by atoms with Crippen LogP contribution in [0.3, 0.4) is 0 Å². The number of ether oxygens (including phenoxy) is 1. The highest BCUT2D eigenvalue weighted by atomic mass is 79.9. The Hall–Kier alpha value is -2.71. The smallest absolute Gasteiger partial charge is 0.338 e. The first-order valence-corrected chi connectivity index (χ1v) is 10.6. The summed E-state index contributed by atoms with van der Waals surface area (Å²) in [4.78, 5) is 39.3. The van der Waals surface area contributed by atoms with Crippen LogP contribution in [0.5, 0.6) is 0 Å². The van der Waals surface area contributed by atoms with Gasteiger partial charge in [-0.25, -0.2) is 4.79 Å². The predicted octanol–water partition coefficient (Wildman–Crippen LogP) is 2.91. The molecule has 0 aliphatic rings. The van der Waals surface area contributed by atoms with Crippen LogP contribution in [0.25, 0.3) is 0 Å². The fourth-order valence-electron chi connectivity index (χ4n) is 2.85. The highest BCUT2D eigenvalue weighted by Gasteiger charge is 2.33. The number of hydrogen-bond donors (Lipinski definition) is 2. The Bertz CT molecular complexity index is 912. The minimum absolute atomic E-state index is 0.0476. The summed E-state index contributed by atoms with van der Waals surface area (Å²) in [7, 11) is 0. The van der Waals surface area contributed by atoms with Crippen LogP contribution in [0.4, 0.5) is 0 Å². The van der Waals surface area contributed by atoms with Crippen molar-refractivity contribution in [1.82, 2.24) is 10.2 Å². The zero-order chi connectivity index (χ0) is 23.0. The number of carbonyl (C=O) groups excluding carboxylic acids is 3. The first-order valence-electron chi connectivity index (χ1n) is 9.80. The Kier molecular flexibility index (Phi) is 8.76. The molecular formula is C23H27BrN2O5. The maximum absolute atomic E-state index is 13.1. The van der Waals surface area contributed by atoms with Crippen molar-refractivity contribution in [3.63, 3.8) is 0 Å². The average Bonchev–Trinajstić information content (AvgIpc) is 2.73. The summed E-state index contributed by atoms with van der Waals surface area (Å²) < 4.78 is 6.13. The quantitative estimate of drug-likeness (QED) is 0.554. The lowest BCUT2D eigenvalue weighted by Gasteiger charge is -2.33. The molecule has 0 aliphatic carbocycles. The van der Waals surface area contributed by atoms with E-state index in [1.54, 1.807) is 42.5 Å². The lowest BCUT2D eigenvalue weighted by molar-refractivity contribution is -0.145. The Balaban J connectivity index is 2.31. The van der Waals surface area contributed by atoms with E-state index >= 15 is 0 Å². The van der Waals surface area contributed by atoms with E-state index < -0.39 is 36.0 Å². The molecule has 0 saturated heterocycles. The molecule has 0 bridgehead atoms. The van der Waals surface area contributed by atoms with E-state index in [4.69, 9.17) is 4.74 Å². The number of amides is 2. The van der Waals surface area contributed by atoms with E-state index in [1.165, 1.54) is 4.90 Å². The molecule has 0 radical (unpaired) electrons. The number of aliphatic hydroxyl groups is 1. The van der Waals surface area contributed by atoms with Crippen LogP contribution in [-0.2, 0) is 20.9 Å². The highest BCUT2D eigenvalue weighted by Crippen LogP contribution is 2.20. The minimum atomic E-state index is -1.13. The molecule has 0 saturated carbocycles. The molecule has 8 heteroatoms. The number of carbonyl (C=O) groups is 3. The van der Waals surface area contributed by atoms with E-state index in [0.29, 0.717) is 5.56 Å². The monoisotopic (exact) mass is 490 g/mol. The Morgan fingerprint density at radius 2 is 1.68 bits per heavy atom. The first kappa shape index (κ1) is 24.6. The van der Waals surface area contributed by atoms with Crippen molar-refractivity contribution in [3.05, 3.63) is 70.2 Å². The lowest BCUT2D eigenvalue weighted by atomic mass is 10.1. The predicted molar refractivity (Wildman–Crippen MR) is 120 cm³/mol. The van der Waals surface area contributed by atoms with Crippen molar-refractivity contribution in [2.75, 3.05) is 13.2 Å². The topological polar surface area (TPSA) is 95.9 Å². The zero-order valence-corrected chi connectivity index (χ0v) is 19.4. The van der Waals surface area contributed by atoms with Gasteiger partial charge in [0.2, 0.25) is 11.8 Å². The standard InChI is InChI=1S/C23H27BrN2O5/c1-23(2,3)25-21(29)19(15-31-22(30)16-9-5-4-6-10-16)26(20(28)14-27)13-17-11-7-8-12-18(17)24/h4-12,19,27H,13-15H2,1-3H3,(H,25,29)/t19-/m1/s1. The van der Waals surface area contributed by atoms with Gasteiger partial charge in [-0.1, -0.05) is 52.3 Å². The summed E-state index contributed by atoms with van der Waals surface area (Å²) in [6.07, 6.45) is 0. The van der Waals surface area contributed by atoms with Gasteiger partial charge in [0.1, 0.15) is 19.3 Å². The van der Waals surface area contributed by atoms with Gasteiger partial charge in [0.25, 0.3) is 0 Å². The molecule has 2 rings (SSSR count). The molecule has 1 atom stereocenters. The summed E-state index contributed by atoms with van der Waals surface area (Å²) in [6.45, 7) is 4.34. The molecule has 0 heterocycles. The van der Waals surface area contributed by atoms with Gasteiger partial charge in [0.05, 0.1) is 5.56 Å². The van der Waals surface area contributed by atoms with Gasteiger partial charge in [0, 0.05) is 16.6 Å². The Morgan fingerprint density at radius 1 is 1.06 bits per heavy atom. The molecule has 0 aromatic heterocycles. The van der Waals surface area contributed by atoms with Gasteiger partial charge in [-0.15, -0.1) is 0 Å². The number of hydrogen-bond acceptors (Lipinski definition) is 5. The number of rotatable bonds is 8. The normalized spacial score (nSPS) is 12.0. The first-order chi connectivity index (χ1) is 14.6. The van der Waals surface area contributed by atoms with Crippen LogP contribution in [0, 0.1) is 0 Å². The van der Waals surface area contributed by atoms with Gasteiger partial charge in [-0.3, -0.25) is 9.59 Å². The minimum Gasteiger partial charge on any atom is -0.459 e. The molecule has 0 spiro atoms. The van der Waals surface area contributed by atoms with Crippen LogP contribution < -0.4 is 5.32 Å². The summed E-state index contributed by atoms with van der Waals surface area (Å²) in [5, 5.41) is 12.4. The van der Waals surface area contributed by atoms with E-state index in [0.717, 1.165) is 10.0 Å². The highest BCUT2D eigenvalue weighted by molar-refractivity contribution is 9.10. The van der Waals surface area contributed by atoms with Crippen LogP contribution >= 0.6 is 15.9 Å². The molecule has 166 valence electrons. The van der Waals surface area contributed by atoms with Crippen molar-refractivity contribution < 1.29 is 24.2 Å². The third-order valence-corrected chi connectivity index (χ3v) is 5.09. The molecule has 0 unspecified atom stereocenters. The van der Waals surface area contributed by atoms with E-state index in [-0.39, 0.29) is 13.2 Å². The zero-order valence-electron chi connectivity index (χ0n) is 17.8. The summed E-state index contributed by atoms with van der Waals surface area (Å²) in [6, 6.07) is 14.5. The van der Waals surface area contributed by atoms with E-state index in [2.05, 4.69) is 21.2 Å². The van der Waals surface area contributed by atoms with Crippen molar-refractivity contribution in [2.45, 2.75) is 38.9 Å². The fraction of sp³-hybridized carbons (Fsp3) is 0.348. The molecule has 0 fully saturated rings. The number of halogens is 1. The van der Waals surface area contributed by atoms with Crippen LogP contribution in [0.2, 0.25) is 0 Å². The summed E-state index contributed by atoms with van der Waals surface area (Å²) >= 11 is 3.44. The van der Waals surface area contributed by atoms with Gasteiger partial charge in [0.15, 0.2) is 0 Å². The molecule has 2 N–H and O–H groups in total. The van der Waals surface area contributed by atoms with Crippen LogP contribution in [0.15, 0.2) is 59.1 Å². The lowest BCUT2D eigenvalue weighted by Crippen LogP contribution is -2.56. The molecule has 7 nitrogen and oxygen atoms in total. The number of nitrogens with one attached hydrogen (secondary N) is 1. The van der Waals surface area contributed by atoms with Gasteiger partial charge in [-0.2, -0.15) is 0 Å². The van der Waals surface area contributed by atoms with Gasteiger partial charge < -0.3 is 20.1 Å². The average molecular weight is 491 g/mol. The molecule has 31 heavy (non-hydrogen) atoms. The van der Waals surface area contributed by atoms with Gasteiger partial charge in [-0.05, 0) is 44.5 Å². The molecular weight excluding hydrogens is 464 g/mol. The van der Waals surface area contributed by atoms with Crippen molar-refractivity contribution in [3.8, 4) is 0 Å². The maximum atomic E-state index is 13.1. The van der Waals surface area contributed by atoms with Crippen molar-refractivity contribution in [2.24, 2.45) is 0 Å². The third-order valence-electron chi connectivity index (χ3n) is 4.31. The Morgan fingerprint density at radius 3 is 2.26 bits per heavy atom. The van der Waals surface area contributed by atoms with Crippen LogP contribution in [-0.4, -0.2) is 52.6 Å². The summed E-state index contributed by atoms with van der Waals surface area (Å²) in [5.41, 5.74) is 0.510. The molecule has 2 aromatic carbocycles.